The van der Waals surface area contributed by atoms with Crippen molar-refractivity contribution in [3.8, 4) is 17.0 Å². The molecule has 0 radical (unpaired) electrons. The Balaban J connectivity index is 2.59. The number of amides is 3. The van der Waals surface area contributed by atoms with Gasteiger partial charge in [-0.25, -0.2) is 4.79 Å². The maximum Gasteiger partial charge on any atom is 0.317 e. The minimum atomic E-state index is -0.855. The van der Waals surface area contributed by atoms with E-state index < -0.39 is 11.9 Å². The average Bonchev–Trinajstić information content (AvgIpc) is 2.89. The van der Waals surface area contributed by atoms with Crippen LogP contribution in [0.25, 0.3) is 11.3 Å². The van der Waals surface area contributed by atoms with Gasteiger partial charge < -0.3 is 21.2 Å². The van der Waals surface area contributed by atoms with Crippen LogP contribution in [-0.2, 0) is 0 Å². The number of anilines is 1. The smallest absolute Gasteiger partial charge is 0.317 e. The molecule has 0 unspecified atom stereocenters. The zero-order valence-corrected chi connectivity index (χ0v) is 11.5. The molecule has 114 valence electrons. The third-order valence-corrected chi connectivity index (χ3v) is 2.91. The first kappa shape index (κ1) is 15.0. The molecule has 0 bridgehead atoms. The van der Waals surface area contributed by atoms with Crippen LogP contribution < -0.4 is 21.5 Å². The van der Waals surface area contributed by atoms with Crippen molar-refractivity contribution in [2.75, 3.05) is 12.4 Å². The predicted octanol–water partition coefficient (Wildman–Crippen LogP) is 1.68. The Morgan fingerprint density at radius 3 is 2.55 bits per heavy atom. The minimum absolute atomic E-state index is 0.0420. The van der Waals surface area contributed by atoms with Gasteiger partial charge in [0.1, 0.15) is 17.3 Å². The molecule has 2 aromatic rings. The minimum Gasteiger partial charge on any atom is -0.496 e. The summed E-state index contributed by atoms with van der Waals surface area (Å²) in [5.41, 5.74) is 11.4. The standard InChI is InChI=1S/C13H13N5O4/c1-22-10-3-2-6(18-21)4-7(10)9-5-8(11(14)19)12(16-9)17-13(15)20/h2-5,16H,1H3,(H2,14,19)(H3,15,17,20). The second kappa shape index (κ2) is 5.95. The Morgan fingerprint density at radius 1 is 1.27 bits per heavy atom. The molecule has 9 heteroatoms. The second-order valence-electron chi connectivity index (χ2n) is 4.30. The molecule has 6 N–H and O–H groups in total. The maximum atomic E-state index is 11.4. The summed E-state index contributed by atoms with van der Waals surface area (Å²) in [5, 5.41) is 5.11. The summed E-state index contributed by atoms with van der Waals surface area (Å²) < 4.78 is 5.20. The quantitative estimate of drug-likeness (QED) is 0.620. The Kier molecular flexibility index (Phi) is 4.07. The van der Waals surface area contributed by atoms with Gasteiger partial charge in [0.2, 0.25) is 0 Å². The molecule has 0 fully saturated rings. The van der Waals surface area contributed by atoms with Gasteiger partial charge in [-0.3, -0.25) is 10.1 Å². The first-order valence-corrected chi connectivity index (χ1v) is 6.07. The van der Waals surface area contributed by atoms with Crippen LogP contribution >= 0.6 is 0 Å². The number of benzene rings is 1. The van der Waals surface area contributed by atoms with Crippen LogP contribution in [0.5, 0.6) is 5.75 Å². The number of methoxy groups -OCH3 is 1. The summed E-state index contributed by atoms with van der Waals surface area (Å²) in [5.74, 6) is -0.258. The predicted molar refractivity (Wildman–Crippen MR) is 80.0 cm³/mol. The number of hydrogen-bond acceptors (Lipinski definition) is 5. The highest BCUT2D eigenvalue weighted by Gasteiger charge is 2.17. The molecule has 3 amide bonds. The van der Waals surface area contributed by atoms with Crippen LogP contribution in [0, 0.1) is 4.91 Å². The molecule has 0 saturated carbocycles. The van der Waals surface area contributed by atoms with Gasteiger partial charge in [0.15, 0.2) is 0 Å². The summed E-state index contributed by atoms with van der Waals surface area (Å²) in [4.78, 5) is 35.9. The molecule has 22 heavy (non-hydrogen) atoms. The van der Waals surface area contributed by atoms with Crippen LogP contribution in [0.2, 0.25) is 0 Å². The fourth-order valence-corrected chi connectivity index (χ4v) is 1.98. The molecule has 0 aliphatic rings. The van der Waals surface area contributed by atoms with E-state index in [1.165, 1.54) is 25.3 Å². The average molecular weight is 303 g/mol. The Labute approximate surface area is 124 Å². The van der Waals surface area contributed by atoms with Crippen molar-refractivity contribution in [2.24, 2.45) is 16.6 Å². The molecule has 2 rings (SSSR count). The van der Waals surface area contributed by atoms with E-state index in [1.807, 2.05) is 0 Å². The van der Waals surface area contributed by atoms with Gasteiger partial charge in [-0.15, -0.1) is 4.91 Å². The van der Waals surface area contributed by atoms with E-state index in [2.05, 4.69) is 15.5 Å². The van der Waals surface area contributed by atoms with Crippen molar-refractivity contribution in [3.05, 3.63) is 34.7 Å². The van der Waals surface area contributed by atoms with Gasteiger partial charge in [-0.2, -0.15) is 0 Å². The van der Waals surface area contributed by atoms with Crippen molar-refractivity contribution < 1.29 is 14.3 Å². The molecule has 1 aromatic carbocycles. The van der Waals surface area contributed by atoms with Crippen LogP contribution in [0.4, 0.5) is 16.3 Å². The van der Waals surface area contributed by atoms with E-state index in [4.69, 9.17) is 16.2 Å². The first-order chi connectivity index (χ1) is 10.5. The van der Waals surface area contributed by atoms with Crippen molar-refractivity contribution in [1.82, 2.24) is 4.98 Å². The van der Waals surface area contributed by atoms with Crippen LogP contribution in [0.1, 0.15) is 10.4 Å². The molecule has 0 aliphatic carbocycles. The van der Waals surface area contributed by atoms with E-state index in [0.717, 1.165) is 0 Å². The number of urea groups is 1. The lowest BCUT2D eigenvalue weighted by Crippen LogP contribution is -2.22. The number of aromatic nitrogens is 1. The van der Waals surface area contributed by atoms with E-state index in [-0.39, 0.29) is 17.1 Å². The lowest BCUT2D eigenvalue weighted by atomic mass is 10.1. The summed E-state index contributed by atoms with van der Waals surface area (Å²) in [7, 11) is 1.45. The molecule has 1 heterocycles. The van der Waals surface area contributed by atoms with Gasteiger partial charge in [-0.1, -0.05) is 0 Å². The molecular formula is C13H13N5O4. The van der Waals surface area contributed by atoms with Gasteiger partial charge in [0.25, 0.3) is 5.91 Å². The SMILES string of the molecule is COc1ccc(N=O)cc1-c1cc(C(N)=O)c(NC(N)=O)[nH]1. The van der Waals surface area contributed by atoms with Crippen LogP contribution in [0.15, 0.2) is 29.4 Å². The van der Waals surface area contributed by atoms with Crippen LogP contribution in [-0.4, -0.2) is 24.0 Å². The number of carbonyl (C=O) groups is 2. The first-order valence-electron chi connectivity index (χ1n) is 6.07. The highest BCUT2D eigenvalue weighted by Crippen LogP contribution is 2.35. The van der Waals surface area contributed by atoms with Crippen LogP contribution in [0.3, 0.4) is 0 Å². The number of primary amides is 2. The summed E-state index contributed by atoms with van der Waals surface area (Å²) in [6, 6.07) is 5.07. The van der Waals surface area contributed by atoms with Gasteiger partial charge in [-0.05, 0) is 29.4 Å². The third kappa shape index (κ3) is 2.87. The van der Waals surface area contributed by atoms with E-state index >= 15 is 0 Å². The monoisotopic (exact) mass is 303 g/mol. The van der Waals surface area contributed by atoms with Gasteiger partial charge in [0, 0.05) is 5.56 Å². The van der Waals surface area contributed by atoms with Crippen molar-refractivity contribution >= 4 is 23.4 Å². The largest absolute Gasteiger partial charge is 0.496 e. The van der Waals surface area contributed by atoms with Gasteiger partial charge in [0.05, 0.1) is 18.4 Å². The van der Waals surface area contributed by atoms with Crippen molar-refractivity contribution in [1.29, 1.82) is 0 Å². The second-order valence-corrected chi connectivity index (χ2v) is 4.30. The molecule has 9 nitrogen and oxygen atoms in total. The Morgan fingerprint density at radius 2 is 2.00 bits per heavy atom. The lowest BCUT2D eigenvalue weighted by molar-refractivity contribution is 0.100. The normalized spacial score (nSPS) is 10.0. The number of carbonyl (C=O) groups excluding carboxylic acids is 2. The Bertz CT molecular complexity index is 753. The topological polar surface area (TPSA) is 153 Å². The summed E-state index contributed by atoms with van der Waals surface area (Å²) in [6.45, 7) is 0. The number of nitrogens with two attached hydrogens (primary N) is 2. The number of aromatic amines is 1. The molecule has 0 saturated heterocycles. The number of ether oxygens (including phenoxy) is 1. The molecule has 0 spiro atoms. The fourth-order valence-electron chi connectivity index (χ4n) is 1.98. The van der Waals surface area contributed by atoms with E-state index in [0.29, 0.717) is 17.0 Å². The number of hydrogen-bond donors (Lipinski definition) is 4. The highest BCUT2D eigenvalue weighted by molar-refractivity contribution is 6.03. The lowest BCUT2D eigenvalue weighted by Gasteiger charge is -2.07. The fraction of sp³-hybridized carbons (Fsp3) is 0.0769. The van der Waals surface area contributed by atoms with Crippen molar-refractivity contribution in [3.63, 3.8) is 0 Å². The summed E-state index contributed by atoms with van der Waals surface area (Å²) in [6.07, 6.45) is 0. The van der Waals surface area contributed by atoms with E-state index in [1.54, 1.807) is 6.07 Å². The summed E-state index contributed by atoms with van der Waals surface area (Å²) >= 11 is 0. The third-order valence-electron chi connectivity index (χ3n) is 2.91. The number of rotatable bonds is 5. The number of H-pyrrole nitrogens is 1. The number of nitrogens with one attached hydrogen (secondary N) is 2. The Hall–Kier alpha value is -3.36. The molecular weight excluding hydrogens is 290 g/mol. The highest BCUT2D eigenvalue weighted by atomic mass is 16.5. The zero-order chi connectivity index (χ0) is 16.3. The molecule has 0 aliphatic heterocycles. The number of nitrogens with zero attached hydrogens (tertiary/aromatic N) is 1. The zero-order valence-electron chi connectivity index (χ0n) is 11.5. The van der Waals surface area contributed by atoms with E-state index in [9.17, 15) is 14.5 Å². The number of nitroso groups, excluding NO2 is 1. The maximum absolute atomic E-state index is 11.4. The van der Waals surface area contributed by atoms with Gasteiger partial charge >= 0.3 is 6.03 Å². The molecule has 1 aromatic heterocycles. The van der Waals surface area contributed by atoms with Crippen molar-refractivity contribution in [2.45, 2.75) is 0 Å². The molecule has 0 atom stereocenters.